The summed E-state index contributed by atoms with van der Waals surface area (Å²) in [5, 5.41) is 0. The molecular weight excluding hydrogens is 512 g/mol. The third kappa shape index (κ3) is 3.79. The molecule has 0 N–H and O–H groups in total. The maximum absolute atomic E-state index is 5.85. The molecule has 0 aromatic heterocycles. The van der Waals surface area contributed by atoms with Crippen LogP contribution < -0.4 is 9.47 Å². The highest BCUT2D eigenvalue weighted by atomic mass is 16.5. The Bertz CT molecular complexity index is 1830. The number of fused-ring (bicyclic) bond motifs is 6. The minimum Gasteiger partial charge on any atom is -0.496 e. The lowest BCUT2D eigenvalue weighted by atomic mass is 9.92. The van der Waals surface area contributed by atoms with Gasteiger partial charge >= 0.3 is 0 Å². The van der Waals surface area contributed by atoms with E-state index in [0.29, 0.717) is 0 Å². The Morgan fingerprint density at radius 1 is 0.381 bits per heavy atom. The van der Waals surface area contributed by atoms with Crippen molar-refractivity contribution in [3.8, 4) is 67.1 Å². The Morgan fingerprint density at radius 3 is 1.17 bits per heavy atom. The second kappa shape index (κ2) is 9.78. The quantitative estimate of drug-likeness (QED) is 0.215. The van der Waals surface area contributed by atoms with Crippen LogP contribution in [-0.4, -0.2) is 14.2 Å². The molecule has 0 aliphatic heterocycles. The molecule has 2 nitrogen and oxygen atoms in total. The van der Waals surface area contributed by atoms with Crippen LogP contribution in [0.2, 0.25) is 0 Å². The van der Waals surface area contributed by atoms with E-state index in [9.17, 15) is 0 Å². The van der Waals surface area contributed by atoms with Crippen LogP contribution in [-0.2, 0) is 12.8 Å². The van der Waals surface area contributed by atoms with Gasteiger partial charge in [-0.2, -0.15) is 0 Å². The monoisotopic (exact) mass is 542 g/mol. The molecule has 0 fully saturated rings. The van der Waals surface area contributed by atoms with E-state index in [1.54, 1.807) is 14.2 Å². The second-order valence-electron chi connectivity index (χ2n) is 11.2. The van der Waals surface area contributed by atoms with E-state index in [4.69, 9.17) is 9.47 Å². The number of benzene rings is 6. The minimum atomic E-state index is 0.921. The summed E-state index contributed by atoms with van der Waals surface area (Å²) in [6.07, 6.45) is 1.86. The molecule has 2 aliphatic carbocycles. The average molecular weight is 543 g/mol. The van der Waals surface area contributed by atoms with Gasteiger partial charge in [0.15, 0.2) is 0 Å². The Hall–Kier alpha value is -5.08. The van der Waals surface area contributed by atoms with Crippen molar-refractivity contribution < 1.29 is 9.47 Å². The molecule has 2 aliphatic rings. The van der Waals surface area contributed by atoms with Crippen molar-refractivity contribution in [3.63, 3.8) is 0 Å². The maximum atomic E-state index is 5.85. The fourth-order valence-electron chi connectivity index (χ4n) is 7.01. The highest BCUT2D eigenvalue weighted by Gasteiger charge is 2.25. The van der Waals surface area contributed by atoms with Gasteiger partial charge in [-0.25, -0.2) is 0 Å². The van der Waals surface area contributed by atoms with Gasteiger partial charge < -0.3 is 9.47 Å². The molecule has 0 bridgehead atoms. The van der Waals surface area contributed by atoms with Gasteiger partial charge in [0.2, 0.25) is 0 Å². The van der Waals surface area contributed by atoms with Crippen LogP contribution in [0.1, 0.15) is 22.3 Å². The van der Waals surface area contributed by atoms with Crippen molar-refractivity contribution in [2.75, 3.05) is 14.2 Å². The predicted octanol–water partition coefficient (Wildman–Crippen LogP) is 9.85. The smallest absolute Gasteiger partial charge is 0.127 e. The fourth-order valence-corrected chi connectivity index (χ4v) is 7.01. The van der Waals surface area contributed by atoms with E-state index in [1.807, 2.05) is 0 Å². The summed E-state index contributed by atoms with van der Waals surface area (Å²) in [5.74, 6) is 1.84. The van der Waals surface area contributed by atoms with Gasteiger partial charge in [0.25, 0.3) is 0 Å². The fraction of sp³-hybridized carbons (Fsp3) is 0.100. The summed E-state index contributed by atoms with van der Waals surface area (Å²) in [5.41, 5.74) is 17.9. The highest BCUT2D eigenvalue weighted by molar-refractivity contribution is 5.90. The van der Waals surface area contributed by atoms with Crippen LogP contribution in [0.25, 0.3) is 55.6 Å². The molecule has 0 unspecified atom stereocenters. The number of hydrogen-bond donors (Lipinski definition) is 0. The lowest BCUT2D eigenvalue weighted by Gasteiger charge is -2.16. The topological polar surface area (TPSA) is 18.5 Å². The Kier molecular flexibility index (Phi) is 5.75. The van der Waals surface area contributed by atoms with E-state index in [0.717, 1.165) is 24.3 Å². The van der Waals surface area contributed by atoms with Gasteiger partial charge in [0.1, 0.15) is 11.5 Å². The van der Waals surface area contributed by atoms with Crippen LogP contribution in [0, 0.1) is 0 Å². The molecule has 0 amide bonds. The number of rotatable bonds is 5. The molecule has 202 valence electrons. The molecule has 42 heavy (non-hydrogen) atoms. The van der Waals surface area contributed by atoms with Gasteiger partial charge in [-0.15, -0.1) is 0 Å². The molecular formula is C40H30O2. The van der Waals surface area contributed by atoms with Gasteiger partial charge in [-0.05, 0) is 91.7 Å². The summed E-state index contributed by atoms with van der Waals surface area (Å²) in [4.78, 5) is 0. The first-order chi connectivity index (χ1) is 20.7. The average Bonchev–Trinajstić information content (AvgIpc) is 3.62. The third-order valence-electron chi connectivity index (χ3n) is 9.02. The molecule has 6 aromatic carbocycles. The molecule has 0 saturated heterocycles. The number of ether oxygens (including phenoxy) is 2. The van der Waals surface area contributed by atoms with Crippen molar-refractivity contribution in [1.29, 1.82) is 0 Å². The largest absolute Gasteiger partial charge is 0.496 e. The third-order valence-corrected chi connectivity index (χ3v) is 9.02. The molecule has 0 saturated carbocycles. The first kappa shape index (κ1) is 24.7. The van der Waals surface area contributed by atoms with Crippen molar-refractivity contribution >= 4 is 0 Å². The zero-order chi connectivity index (χ0) is 28.2. The number of methoxy groups -OCH3 is 2. The molecule has 2 heteroatoms. The summed E-state index contributed by atoms with van der Waals surface area (Å²) < 4.78 is 11.7. The highest BCUT2D eigenvalue weighted by Crippen LogP contribution is 2.47. The van der Waals surface area contributed by atoms with Gasteiger partial charge in [0, 0.05) is 11.1 Å². The van der Waals surface area contributed by atoms with Crippen LogP contribution in [0.4, 0.5) is 0 Å². The second-order valence-corrected chi connectivity index (χ2v) is 11.2. The first-order valence-electron chi connectivity index (χ1n) is 14.5. The van der Waals surface area contributed by atoms with Crippen LogP contribution in [0.3, 0.4) is 0 Å². The molecule has 0 spiro atoms. The first-order valence-corrected chi connectivity index (χ1v) is 14.5. The van der Waals surface area contributed by atoms with Gasteiger partial charge in [-0.1, -0.05) is 109 Å². The van der Waals surface area contributed by atoms with E-state index < -0.39 is 0 Å². The predicted molar refractivity (Wildman–Crippen MR) is 172 cm³/mol. The SMILES string of the molecule is COc1ccc2c(c1-c1ccc(-c3ccc(-c4c(OC)ccc5c4Cc4ccccc4-5)cc3)cc1)Cc1ccccc1-2. The lowest BCUT2D eigenvalue weighted by Crippen LogP contribution is -1.94. The van der Waals surface area contributed by atoms with E-state index in [-0.39, 0.29) is 0 Å². The molecule has 0 radical (unpaired) electrons. The van der Waals surface area contributed by atoms with E-state index in [2.05, 4.69) is 121 Å². The summed E-state index contributed by atoms with van der Waals surface area (Å²) in [6.45, 7) is 0. The van der Waals surface area contributed by atoms with Crippen molar-refractivity contribution in [3.05, 3.63) is 144 Å². The summed E-state index contributed by atoms with van der Waals surface area (Å²) in [7, 11) is 3.53. The maximum Gasteiger partial charge on any atom is 0.127 e. The van der Waals surface area contributed by atoms with Gasteiger partial charge in [-0.3, -0.25) is 0 Å². The Labute approximate surface area is 246 Å². The molecule has 6 aromatic rings. The number of hydrogen-bond acceptors (Lipinski definition) is 2. The standard InChI is InChI=1S/C40H30O2/c1-41-37-21-19-33-31-9-5-3-7-29(31)23-35(33)39(37)27-15-11-25(12-16-27)26-13-17-28(18-14-26)40-36-24-30-8-4-6-10-32(30)34(36)20-22-38(40)42-2/h3-22H,23-24H2,1-2H3. The van der Waals surface area contributed by atoms with Crippen LogP contribution in [0.15, 0.2) is 121 Å². The van der Waals surface area contributed by atoms with Crippen LogP contribution in [0.5, 0.6) is 11.5 Å². The summed E-state index contributed by atoms with van der Waals surface area (Å²) >= 11 is 0. The minimum absolute atomic E-state index is 0.921. The van der Waals surface area contributed by atoms with Gasteiger partial charge in [0.05, 0.1) is 14.2 Å². The zero-order valence-electron chi connectivity index (χ0n) is 23.8. The van der Waals surface area contributed by atoms with Crippen molar-refractivity contribution in [2.45, 2.75) is 12.8 Å². The Morgan fingerprint density at radius 2 is 0.762 bits per heavy atom. The van der Waals surface area contributed by atoms with Crippen molar-refractivity contribution in [2.24, 2.45) is 0 Å². The molecule has 0 heterocycles. The Balaban J connectivity index is 1.13. The van der Waals surface area contributed by atoms with E-state index >= 15 is 0 Å². The molecule has 8 rings (SSSR count). The lowest BCUT2D eigenvalue weighted by molar-refractivity contribution is 0.416. The van der Waals surface area contributed by atoms with E-state index in [1.165, 1.54) is 77.9 Å². The van der Waals surface area contributed by atoms with Crippen LogP contribution >= 0.6 is 0 Å². The summed E-state index contributed by atoms with van der Waals surface area (Å²) in [6, 6.07) is 43.9. The molecule has 0 atom stereocenters. The van der Waals surface area contributed by atoms with Crippen molar-refractivity contribution in [1.82, 2.24) is 0 Å². The normalized spacial score (nSPS) is 12.3. The zero-order valence-corrected chi connectivity index (χ0v) is 23.8.